The van der Waals surface area contributed by atoms with Gasteiger partial charge >= 0.3 is 0 Å². The van der Waals surface area contributed by atoms with Crippen molar-refractivity contribution >= 4 is 17.4 Å². The molecule has 0 fully saturated rings. The van der Waals surface area contributed by atoms with Gasteiger partial charge in [-0.2, -0.15) is 0 Å². The highest BCUT2D eigenvalue weighted by Crippen LogP contribution is 2.04. The Labute approximate surface area is 86.9 Å². The molecule has 1 aromatic rings. The number of rotatable bonds is 4. The molecule has 0 aliphatic rings. The van der Waals surface area contributed by atoms with E-state index in [1.54, 1.807) is 0 Å². The fourth-order valence-corrected chi connectivity index (χ4v) is 1.38. The largest absolute Gasteiger partial charge is 0.348 e. The number of carbonyl (C=O) groups excluding carboxylic acids is 1. The number of nitrogens with zero attached hydrogens (tertiary/aromatic N) is 2. The van der Waals surface area contributed by atoms with Crippen molar-refractivity contribution in [3.05, 3.63) is 11.1 Å². The molecule has 0 aromatic carbocycles. The Morgan fingerprint density at radius 1 is 1.86 bits per heavy atom. The summed E-state index contributed by atoms with van der Waals surface area (Å²) < 4.78 is 3.61. The van der Waals surface area contributed by atoms with Crippen molar-refractivity contribution in [2.45, 2.75) is 25.8 Å². The first-order chi connectivity index (χ1) is 6.77. The van der Waals surface area contributed by atoms with E-state index in [-0.39, 0.29) is 11.9 Å². The van der Waals surface area contributed by atoms with E-state index in [2.05, 4.69) is 20.8 Å². The van der Waals surface area contributed by atoms with Gasteiger partial charge in [0.25, 0.3) is 5.91 Å². The summed E-state index contributed by atoms with van der Waals surface area (Å²) in [7, 11) is 0. The summed E-state index contributed by atoms with van der Waals surface area (Å²) in [6.07, 6.45) is 7.99. The van der Waals surface area contributed by atoms with Crippen LogP contribution < -0.4 is 5.32 Å². The standard InChI is InChI=1S/C9H11N3OS/c1-3-5-7(4-2)11-9(13)8-6-10-12-14-8/h1,6-7H,4-5H2,2H3,(H,11,13). The van der Waals surface area contributed by atoms with Crippen LogP contribution in [0.25, 0.3) is 0 Å². The SMILES string of the molecule is C#CCC(CC)NC(=O)c1cnns1. The Hall–Kier alpha value is -1.41. The van der Waals surface area contributed by atoms with Gasteiger partial charge in [0.2, 0.25) is 0 Å². The van der Waals surface area contributed by atoms with Crippen LogP contribution in [-0.4, -0.2) is 21.5 Å². The molecule has 1 aromatic heterocycles. The van der Waals surface area contributed by atoms with Crippen molar-refractivity contribution in [3.63, 3.8) is 0 Å². The van der Waals surface area contributed by atoms with Crippen LogP contribution in [0.4, 0.5) is 0 Å². The first-order valence-corrected chi connectivity index (χ1v) is 5.07. The Morgan fingerprint density at radius 3 is 3.14 bits per heavy atom. The van der Waals surface area contributed by atoms with E-state index >= 15 is 0 Å². The quantitative estimate of drug-likeness (QED) is 0.755. The zero-order valence-electron chi connectivity index (χ0n) is 7.86. The zero-order valence-corrected chi connectivity index (χ0v) is 8.67. The molecule has 0 radical (unpaired) electrons. The van der Waals surface area contributed by atoms with Gasteiger partial charge in [0.05, 0.1) is 6.20 Å². The minimum atomic E-state index is -0.151. The number of hydrogen-bond donors (Lipinski definition) is 1. The van der Waals surface area contributed by atoms with Gasteiger partial charge in [-0.25, -0.2) is 0 Å². The van der Waals surface area contributed by atoms with Crippen molar-refractivity contribution < 1.29 is 4.79 Å². The molecule has 4 nitrogen and oxygen atoms in total. The molecule has 1 atom stereocenters. The molecule has 14 heavy (non-hydrogen) atoms. The molecule has 5 heteroatoms. The lowest BCUT2D eigenvalue weighted by Crippen LogP contribution is -2.33. The monoisotopic (exact) mass is 209 g/mol. The maximum Gasteiger partial charge on any atom is 0.264 e. The van der Waals surface area contributed by atoms with Crippen LogP contribution in [0.15, 0.2) is 6.20 Å². The molecule has 0 saturated heterocycles. The van der Waals surface area contributed by atoms with Gasteiger partial charge in [-0.15, -0.1) is 17.4 Å². The average Bonchev–Trinajstić information content (AvgIpc) is 2.69. The van der Waals surface area contributed by atoms with Crippen molar-refractivity contribution in [1.29, 1.82) is 0 Å². The van der Waals surface area contributed by atoms with Gasteiger partial charge in [0, 0.05) is 12.5 Å². The van der Waals surface area contributed by atoms with E-state index in [0.717, 1.165) is 18.0 Å². The number of hydrogen-bond acceptors (Lipinski definition) is 4. The van der Waals surface area contributed by atoms with Crippen LogP contribution in [0.1, 0.15) is 29.4 Å². The van der Waals surface area contributed by atoms with Crippen LogP contribution in [0.3, 0.4) is 0 Å². The Morgan fingerprint density at radius 2 is 2.64 bits per heavy atom. The Balaban J connectivity index is 2.52. The predicted molar refractivity (Wildman–Crippen MR) is 54.9 cm³/mol. The summed E-state index contributed by atoms with van der Waals surface area (Å²) in [5, 5.41) is 6.41. The van der Waals surface area contributed by atoms with Crippen LogP contribution in [-0.2, 0) is 0 Å². The van der Waals surface area contributed by atoms with E-state index in [1.807, 2.05) is 6.92 Å². The van der Waals surface area contributed by atoms with Gasteiger partial charge in [-0.3, -0.25) is 4.79 Å². The number of carbonyl (C=O) groups is 1. The van der Waals surface area contributed by atoms with Crippen molar-refractivity contribution in [2.75, 3.05) is 0 Å². The van der Waals surface area contributed by atoms with E-state index in [0.29, 0.717) is 11.3 Å². The van der Waals surface area contributed by atoms with Crippen molar-refractivity contribution in [1.82, 2.24) is 14.9 Å². The normalized spacial score (nSPS) is 11.7. The molecule has 0 aliphatic carbocycles. The minimum Gasteiger partial charge on any atom is -0.348 e. The second-order valence-corrected chi connectivity index (χ2v) is 3.55. The summed E-state index contributed by atoms with van der Waals surface area (Å²) in [6.45, 7) is 1.98. The molecule has 0 saturated carbocycles. The molecule has 1 rings (SSSR count). The third kappa shape index (κ3) is 2.82. The second kappa shape index (κ2) is 5.35. The lowest BCUT2D eigenvalue weighted by Gasteiger charge is -2.12. The number of nitrogens with one attached hydrogen (secondary N) is 1. The fraction of sp³-hybridized carbons (Fsp3) is 0.444. The van der Waals surface area contributed by atoms with Crippen molar-refractivity contribution in [3.8, 4) is 12.3 Å². The van der Waals surface area contributed by atoms with E-state index in [9.17, 15) is 4.79 Å². The topological polar surface area (TPSA) is 54.9 Å². The molecule has 0 bridgehead atoms. The molecule has 1 heterocycles. The molecule has 0 aliphatic heterocycles. The molecule has 74 valence electrons. The molecule has 1 N–H and O–H groups in total. The molecule has 1 amide bonds. The smallest absolute Gasteiger partial charge is 0.264 e. The first-order valence-electron chi connectivity index (χ1n) is 4.29. The van der Waals surface area contributed by atoms with Gasteiger partial charge < -0.3 is 5.32 Å². The number of amides is 1. The van der Waals surface area contributed by atoms with E-state index in [4.69, 9.17) is 6.42 Å². The van der Waals surface area contributed by atoms with Gasteiger partial charge in [-0.1, -0.05) is 11.4 Å². The number of aromatic nitrogens is 2. The van der Waals surface area contributed by atoms with Gasteiger partial charge in [0.1, 0.15) is 4.88 Å². The maximum atomic E-state index is 11.5. The molecular formula is C9H11N3OS. The van der Waals surface area contributed by atoms with Crippen LogP contribution >= 0.6 is 11.5 Å². The van der Waals surface area contributed by atoms with Crippen LogP contribution in [0.5, 0.6) is 0 Å². The maximum absolute atomic E-state index is 11.5. The van der Waals surface area contributed by atoms with E-state index in [1.165, 1.54) is 6.20 Å². The zero-order chi connectivity index (χ0) is 10.4. The molecule has 0 spiro atoms. The Bertz CT molecular complexity index is 328. The third-order valence-electron chi connectivity index (χ3n) is 1.78. The average molecular weight is 209 g/mol. The lowest BCUT2D eigenvalue weighted by atomic mass is 10.1. The summed E-state index contributed by atoms with van der Waals surface area (Å²) >= 11 is 1.08. The highest BCUT2D eigenvalue weighted by Gasteiger charge is 2.12. The minimum absolute atomic E-state index is 0.0367. The van der Waals surface area contributed by atoms with Gasteiger partial charge in [0.15, 0.2) is 0 Å². The molecule has 1 unspecified atom stereocenters. The molecular weight excluding hydrogens is 198 g/mol. The van der Waals surface area contributed by atoms with Crippen LogP contribution in [0, 0.1) is 12.3 Å². The second-order valence-electron chi connectivity index (χ2n) is 2.77. The third-order valence-corrected chi connectivity index (χ3v) is 2.44. The summed E-state index contributed by atoms with van der Waals surface area (Å²) in [5.41, 5.74) is 0. The van der Waals surface area contributed by atoms with Crippen LogP contribution in [0.2, 0.25) is 0 Å². The van der Waals surface area contributed by atoms with Crippen molar-refractivity contribution in [2.24, 2.45) is 0 Å². The highest BCUT2D eigenvalue weighted by atomic mass is 32.1. The first kappa shape index (κ1) is 10.7. The summed E-state index contributed by atoms with van der Waals surface area (Å²) in [5.74, 6) is 2.38. The summed E-state index contributed by atoms with van der Waals surface area (Å²) in [6, 6.07) is 0.0367. The summed E-state index contributed by atoms with van der Waals surface area (Å²) in [4.78, 5) is 12.0. The van der Waals surface area contributed by atoms with Gasteiger partial charge in [-0.05, 0) is 18.0 Å². The fourth-order valence-electron chi connectivity index (χ4n) is 0.963. The predicted octanol–water partition coefficient (Wildman–Crippen LogP) is 1.07. The highest BCUT2D eigenvalue weighted by molar-refractivity contribution is 7.07. The van der Waals surface area contributed by atoms with E-state index < -0.39 is 0 Å². The Kier molecular flexibility index (Phi) is 4.08. The lowest BCUT2D eigenvalue weighted by molar-refractivity contribution is 0.0940. The number of terminal acetylenes is 1.